The molecule has 88 valence electrons. The maximum Gasteiger partial charge on any atom is 0.234 e. The van der Waals surface area contributed by atoms with E-state index in [1.165, 1.54) is 19.3 Å². The van der Waals surface area contributed by atoms with Crippen molar-refractivity contribution in [3.05, 3.63) is 0 Å². The van der Waals surface area contributed by atoms with E-state index in [0.717, 1.165) is 6.42 Å². The minimum Gasteiger partial charge on any atom is -0.352 e. The lowest BCUT2D eigenvalue weighted by Crippen LogP contribution is -2.45. The SMILES string of the molecule is CC(C)[C@@H](Br)C(=O)N[C@@H]1CCCC[C@H]1C. The van der Waals surface area contributed by atoms with Crippen LogP contribution in [-0.2, 0) is 4.79 Å². The van der Waals surface area contributed by atoms with Gasteiger partial charge in [0, 0.05) is 6.04 Å². The second-order valence-electron chi connectivity index (χ2n) is 5.02. The van der Waals surface area contributed by atoms with Gasteiger partial charge in [0.2, 0.25) is 5.91 Å². The Labute approximate surface area is 101 Å². The molecular weight excluding hydrogens is 254 g/mol. The van der Waals surface area contributed by atoms with Crippen LogP contribution in [0.5, 0.6) is 0 Å². The molecule has 0 radical (unpaired) electrons. The summed E-state index contributed by atoms with van der Waals surface area (Å²) in [4.78, 5) is 11.8. The zero-order valence-electron chi connectivity index (χ0n) is 9.92. The predicted octanol–water partition coefficient (Wildman–Crippen LogP) is 3.10. The van der Waals surface area contributed by atoms with Crippen LogP contribution < -0.4 is 5.32 Å². The van der Waals surface area contributed by atoms with Crippen molar-refractivity contribution in [1.82, 2.24) is 5.32 Å². The van der Waals surface area contributed by atoms with E-state index in [1.807, 2.05) is 0 Å². The zero-order chi connectivity index (χ0) is 11.4. The molecule has 1 aliphatic carbocycles. The van der Waals surface area contributed by atoms with E-state index in [-0.39, 0.29) is 10.7 Å². The van der Waals surface area contributed by atoms with Gasteiger partial charge in [-0.1, -0.05) is 49.5 Å². The average Bonchev–Trinajstić information content (AvgIpc) is 2.20. The highest BCUT2D eigenvalue weighted by Gasteiger charge is 2.26. The van der Waals surface area contributed by atoms with E-state index >= 15 is 0 Å². The molecule has 0 spiro atoms. The van der Waals surface area contributed by atoms with E-state index < -0.39 is 0 Å². The molecule has 1 amide bonds. The molecule has 1 saturated carbocycles. The van der Waals surface area contributed by atoms with Gasteiger partial charge in [-0.25, -0.2) is 0 Å². The zero-order valence-corrected chi connectivity index (χ0v) is 11.5. The molecule has 0 heterocycles. The number of hydrogen-bond acceptors (Lipinski definition) is 1. The molecule has 1 rings (SSSR count). The van der Waals surface area contributed by atoms with Gasteiger partial charge >= 0.3 is 0 Å². The summed E-state index contributed by atoms with van der Waals surface area (Å²) >= 11 is 3.44. The number of carbonyl (C=O) groups excluding carboxylic acids is 1. The van der Waals surface area contributed by atoms with Crippen molar-refractivity contribution >= 4 is 21.8 Å². The Balaban J connectivity index is 2.42. The van der Waals surface area contributed by atoms with Gasteiger partial charge in [0.25, 0.3) is 0 Å². The fourth-order valence-electron chi connectivity index (χ4n) is 2.10. The van der Waals surface area contributed by atoms with Crippen LogP contribution in [0.15, 0.2) is 0 Å². The van der Waals surface area contributed by atoms with E-state index in [1.54, 1.807) is 0 Å². The van der Waals surface area contributed by atoms with Gasteiger partial charge in [-0.05, 0) is 24.7 Å². The van der Waals surface area contributed by atoms with Crippen molar-refractivity contribution in [3.63, 3.8) is 0 Å². The Morgan fingerprint density at radius 1 is 1.33 bits per heavy atom. The monoisotopic (exact) mass is 275 g/mol. The number of amides is 1. The fourth-order valence-corrected chi connectivity index (χ4v) is 2.23. The lowest BCUT2D eigenvalue weighted by atomic mass is 9.86. The van der Waals surface area contributed by atoms with Crippen LogP contribution in [0, 0.1) is 11.8 Å². The van der Waals surface area contributed by atoms with E-state index in [2.05, 4.69) is 42.0 Å². The lowest BCUT2D eigenvalue weighted by Gasteiger charge is -2.30. The Hall–Kier alpha value is -0.0500. The molecule has 0 aliphatic heterocycles. The first-order valence-corrected chi connectivity index (χ1v) is 6.88. The van der Waals surface area contributed by atoms with Gasteiger partial charge in [0.15, 0.2) is 0 Å². The molecule has 0 bridgehead atoms. The summed E-state index contributed by atoms with van der Waals surface area (Å²) in [6.07, 6.45) is 4.96. The van der Waals surface area contributed by atoms with Gasteiger partial charge in [-0.15, -0.1) is 0 Å². The van der Waals surface area contributed by atoms with Crippen LogP contribution in [0.2, 0.25) is 0 Å². The quantitative estimate of drug-likeness (QED) is 0.788. The minimum atomic E-state index is -0.0494. The topological polar surface area (TPSA) is 29.1 Å². The normalized spacial score (nSPS) is 28.9. The standard InChI is InChI=1S/C12H22BrNO/c1-8(2)11(13)12(15)14-10-7-5-4-6-9(10)3/h8-11H,4-7H2,1-3H3,(H,14,15)/t9-,10-,11-/m1/s1. The number of rotatable bonds is 3. The Bertz CT molecular complexity index is 218. The van der Waals surface area contributed by atoms with Gasteiger partial charge in [0.1, 0.15) is 0 Å². The van der Waals surface area contributed by atoms with Gasteiger partial charge in [-0.3, -0.25) is 4.79 Å². The Morgan fingerprint density at radius 3 is 2.47 bits per heavy atom. The minimum absolute atomic E-state index is 0.0494. The molecule has 3 heteroatoms. The van der Waals surface area contributed by atoms with Crippen molar-refractivity contribution in [2.75, 3.05) is 0 Å². The van der Waals surface area contributed by atoms with Crippen LogP contribution in [0.1, 0.15) is 46.5 Å². The maximum absolute atomic E-state index is 11.8. The van der Waals surface area contributed by atoms with Gasteiger partial charge < -0.3 is 5.32 Å². The van der Waals surface area contributed by atoms with Crippen LogP contribution in [-0.4, -0.2) is 16.8 Å². The van der Waals surface area contributed by atoms with Crippen molar-refractivity contribution in [3.8, 4) is 0 Å². The summed E-state index contributed by atoms with van der Waals surface area (Å²) in [6.45, 7) is 6.36. The molecule has 1 fully saturated rings. The molecule has 2 nitrogen and oxygen atoms in total. The molecule has 0 aromatic carbocycles. The van der Waals surface area contributed by atoms with Crippen LogP contribution in [0.3, 0.4) is 0 Å². The molecule has 1 aliphatic rings. The molecule has 1 N–H and O–H groups in total. The largest absolute Gasteiger partial charge is 0.352 e. The highest BCUT2D eigenvalue weighted by Crippen LogP contribution is 2.24. The van der Waals surface area contributed by atoms with Crippen molar-refractivity contribution in [2.24, 2.45) is 11.8 Å². The number of carbonyl (C=O) groups is 1. The third-order valence-electron chi connectivity index (χ3n) is 3.27. The molecule has 3 atom stereocenters. The Morgan fingerprint density at radius 2 is 1.93 bits per heavy atom. The molecule has 0 unspecified atom stereocenters. The molecular formula is C12H22BrNO. The molecule has 0 aromatic heterocycles. The predicted molar refractivity (Wildman–Crippen MR) is 67.1 cm³/mol. The fraction of sp³-hybridized carbons (Fsp3) is 0.917. The summed E-state index contributed by atoms with van der Waals surface area (Å²) in [7, 11) is 0. The van der Waals surface area contributed by atoms with Crippen LogP contribution >= 0.6 is 15.9 Å². The summed E-state index contributed by atoms with van der Waals surface area (Å²) < 4.78 is 0. The highest BCUT2D eigenvalue weighted by molar-refractivity contribution is 9.10. The molecule has 15 heavy (non-hydrogen) atoms. The van der Waals surface area contributed by atoms with E-state index in [4.69, 9.17) is 0 Å². The molecule has 0 saturated heterocycles. The van der Waals surface area contributed by atoms with E-state index in [0.29, 0.717) is 17.9 Å². The van der Waals surface area contributed by atoms with Crippen LogP contribution in [0.25, 0.3) is 0 Å². The second-order valence-corrected chi connectivity index (χ2v) is 6.01. The maximum atomic E-state index is 11.8. The van der Waals surface area contributed by atoms with Crippen LogP contribution in [0.4, 0.5) is 0 Å². The third-order valence-corrected chi connectivity index (χ3v) is 4.75. The molecule has 0 aromatic rings. The van der Waals surface area contributed by atoms with Gasteiger partial charge in [-0.2, -0.15) is 0 Å². The number of halogens is 1. The summed E-state index contributed by atoms with van der Waals surface area (Å²) in [5.74, 6) is 1.14. The first-order valence-electron chi connectivity index (χ1n) is 5.96. The van der Waals surface area contributed by atoms with Crippen molar-refractivity contribution < 1.29 is 4.79 Å². The van der Waals surface area contributed by atoms with E-state index in [9.17, 15) is 4.79 Å². The highest BCUT2D eigenvalue weighted by atomic mass is 79.9. The summed E-state index contributed by atoms with van der Waals surface area (Å²) in [6, 6.07) is 0.394. The first kappa shape index (κ1) is 13.0. The number of hydrogen-bond donors (Lipinski definition) is 1. The third kappa shape index (κ3) is 3.78. The van der Waals surface area contributed by atoms with Crippen molar-refractivity contribution in [2.45, 2.75) is 57.3 Å². The van der Waals surface area contributed by atoms with Crippen molar-refractivity contribution in [1.29, 1.82) is 0 Å². The summed E-state index contributed by atoms with van der Waals surface area (Å²) in [5.41, 5.74) is 0. The Kier molecular flexibility index (Phi) is 5.10. The number of nitrogens with one attached hydrogen (secondary N) is 1. The summed E-state index contributed by atoms with van der Waals surface area (Å²) in [5, 5.41) is 3.16. The first-order chi connectivity index (χ1) is 7.02. The second kappa shape index (κ2) is 5.88. The average molecular weight is 276 g/mol. The number of alkyl halides is 1. The van der Waals surface area contributed by atoms with Gasteiger partial charge in [0.05, 0.1) is 4.83 Å². The lowest BCUT2D eigenvalue weighted by molar-refractivity contribution is -0.122. The smallest absolute Gasteiger partial charge is 0.234 e.